The number of carbonyl (C=O) groups excluding carboxylic acids is 1. The van der Waals surface area contributed by atoms with Gasteiger partial charge in [0.25, 0.3) is 0 Å². The minimum atomic E-state index is 0.0684. The van der Waals surface area contributed by atoms with Crippen molar-refractivity contribution in [3.05, 3.63) is 33.3 Å². The van der Waals surface area contributed by atoms with E-state index in [0.29, 0.717) is 31.0 Å². The average Bonchev–Trinajstić information content (AvgIpc) is 2.36. The first-order valence-corrected chi connectivity index (χ1v) is 7.21. The molecule has 5 heteroatoms. The minimum absolute atomic E-state index is 0.0684. The second-order valence-corrected chi connectivity index (χ2v) is 5.37. The van der Waals surface area contributed by atoms with E-state index in [4.69, 9.17) is 17.3 Å². The van der Waals surface area contributed by atoms with Gasteiger partial charge in [0.15, 0.2) is 0 Å². The standard InChI is InChI=1S/C13H18BrClN2O/c14-12-5-4-11(15)9-10(12)3-6-13(18)17-8-2-1-7-16/h4-5,9H,1-3,6-8,16H2,(H,17,18). The van der Waals surface area contributed by atoms with Crippen molar-refractivity contribution >= 4 is 33.4 Å². The molecule has 0 aliphatic heterocycles. The Morgan fingerprint density at radius 2 is 2.17 bits per heavy atom. The number of hydrogen-bond acceptors (Lipinski definition) is 2. The molecule has 0 aliphatic rings. The van der Waals surface area contributed by atoms with E-state index in [0.717, 1.165) is 22.9 Å². The fourth-order valence-corrected chi connectivity index (χ4v) is 2.21. The third-order valence-electron chi connectivity index (χ3n) is 2.58. The Labute approximate surface area is 121 Å². The summed E-state index contributed by atoms with van der Waals surface area (Å²) < 4.78 is 0.989. The maximum atomic E-state index is 11.6. The maximum absolute atomic E-state index is 11.6. The van der Waals surface area contributed by atoms with Crippen molar-refractivity contribution in [1.29, 1.82) is 0 Å². The summed E-state index contributed by atoms with van der Waals surface area (Å²) in [5.41, 5.74) is 6.44. The summed E-state index contributed by atoms with van der Waals surface area (Å²) in [6, 6.07) is 5.60. The highest BCUT2D eigenvalue weighted by Crippen LogP contribution is 2.22. The Bertz CT molecular complexity index is 399. The van der Waals surface area contributed by atoms with E-state index < -0.39 is 0 Å². The number of benzene rings is 1. The van der Waals surface area contributed by atoms with Crippen LogP contribution in [0.4, 0.5) is 0 Å². The molecular formula is C13H18BrClN2O. The molecule has 0 unspecified atom stereocenters. The van der Waals surface area contributed by atoms with Crippen molar-refractivity contribution in [3.63, 3.8) is 0 Å². The van der Waals surface area contributed by atoms with Crippen LogP contribution in [0.15, 0.2) is 22.7 Å². The SMILES string of the molecule is NCCCCNC(=O)CCc1cc(Cl)ccc1Br. The predicted molar refractivity (Wildman–Crippen MR) is 78.8 cm³/mol. The van der Waals surface area contributed by atoms with Crippen LogP contribution >= 0.6 is 27.5 Å². The Balaban J connectivity index is 2.31. The van der Waals surface area contributed by atoms with Crippen LogP contribution in [-0.2, 0) is 11.2 Å². The van der Waals surface area contributed by atoms with Crippen molar-refractivity contribution in [2.24, 2.45) is 5.73 Å². The van der Waals surface area contributed by atoms with Gasteiger partial charge in [0, 0.05) is 22.5 Å². The zero-order chi connectivity index (χ0) is 13.4. The lowest BCUT2D eigenvalue weighted by molar-refractivity contribution is -0.121. The van der Waals surface area contributed by atoms with Crippen LogP contribution < -0.4 is 11.1 Å². The predicted octanol–water partition coefficient (Wildman–Crippen LogP) is 2.89. The van der Waals surface area contributed by atoms with Gasteiger partial charge >= 0.3 is 0 Å². The largest absolute Gasteiger partial charge is 0.356 e. The van der Waals surface area contributed by atoms with E-state index in [1.54, 1.807) is 0 Å². The van der Waals surface area contributed by atoms with Gasteiger partial charge in [-0.2, -0.15) is 0 Å². The van der Waals surface area contributed by atoms with E-state index in [2.05, 4.69) is 21.2 Å². The van der Waals surface area contributed by atoms with Gasteiger partial charge in [0.2, 0.25) is 5.91 Å². The number of nitrogens with one attached hydrogen (secondary N) is 1. The molecule has 1 rings (SSSR count). The average molecular weight is 334 g/mol. The zero-order valence-electron chi connectivity index (χ0n) is 10.2. The number of halogens is 2. The van der Waals surface area contributed by atoms with Crippen LogP contribution in [0.3, 0.4) is 0 Å². The van der Waals surface area contributed by atoms with E-state index in [1.165, 1.54) is 0 Å². The summed E-state index contributed by atoms with van der Waals surface area (Å²) in [6.07, 6.45) is 3.04. The third kappa shape index (κ3) is 5.85. The van der Waals surface area contributed by atoms with Gasteiger partial charge in [-0.15, -0.1) is 0 Å². The molecule has 1 aromatic rings. The third-order valence-corrected chi connectivity index (χ3v) is 3.59. The van der Waals surface area contributed by atoms with E-state index in [9.17, 15) is 4.79 Å². The van der Waals surface area contributed by atoms with Gasteiger partial charge in [-0.05, 0) is 49.6 Å². The molecule has 100 valence electrons. The lowest BCUT2D eigenvalue weighted by atomic mass is 10.1. The summed E-state index contributed by atoms with van der Waals surface area (Å²) in [6.45, 7) is 1.37. The Morgan fingerprint density at radius 3 is 2.89 bits per heavy atom. The molecule has 3 N–H and O–H groups in total. The molecule has 3 nitrogen and oxygen atoms in total. The fraction of sp³-hybridized carbons (Fsp3) is 0.462. The van der Waals surface area contributed by atoms with Crippen molar-refractivity contribution in [2.45, 2.75) is 25.7 Å². The van der Waals surface area contributed by atoms with Crippen LogP contribution in [0, 0.1) is 0 Å². The van der Waals surface area contributed by atoms with Crippen molar-refractivity contribution in [3.8, 4) is 0 Å². The highest BCUT2D eigenvalue weighted by Gasteiger charge is 2.05. The smallest absolute Gasteiger partial charge is 0.220 e. The minimum Gasteiger partial charge on any atom is -0.356 e. The van der Waals surface area contributed by atoms with Crippen LogP contribution in [0.25, 0.3) is 0 Å². The molecule has 0 spiro atoms. The van der Waals surface area contributed by atoms with Gasteiger partial charge in [0.1, 0.15) is 0 Å². The lowest BCUT2D eigenvalue weighted by Gasteiger charge is -2.06. The van der Waals surface area contributed by atoms with E-state index in [1.807, 2.05) is 18.2 Å². The molecule has 1 aromatic carbocycles. The number of aryl methyl sites for hydroxylation is 1. The fourth-order valence-electron chi connectivity index (χ4n) is 1.57. The topological polar surface area (TPSA) is 55.1 Å². The van der Waals surface area contributed by atoms with Crippen molar-refractivity contribution in [2.75, 3.05) is 13.1 Å². The normalized spacial score (nSPS) is 10.4. The quantitative estimate of drug-likeness (QED) is 0.754. The van der Waals surface area contributed by atoms with Gasteiger partial charge in [0.05, 0.1) is 0 Å². The molecule has 0 bridgehead atoms. The summed E-state index contributed by atoms with van der Waals surface area (Å²) in [5, 5.41) is 3.57. The molecule has 1 amide bonds. The molecule has 0 saturated heterocycles. The highest BCUT2D eigenvalue weighted by molar-refractivity contribution is 9.10. The Morgan fingerprint density at radius 1 is 1.39 bits per heavy atom. The molecule has 18 heavy (non-hydrogen) atoms. The van der Waals surface area contributed by atoms with Crippen molar-refractivity contribution < 1.29 is 4.79 Å². The van der Waals surface area contributed by atoms with Gasteiger partial charge in [-0.25, -0.2) is 0 Å². The van der Waals surface area contributed by atoms with Crippen LogP contribution in [0.5, 0.6) is 0 Å². The number of carbonyl (C=O) groups is 1. The molecule has 0 fully saturated rings. The summed E-state index contributed by atoms with van der Waals surface area (Å²) >= 11 is 9.37. The van der Waals surface area contributed by atoms with Crippen molar-refractivity contribution in [1.82, 2.24) is 5.32 Å². The second kappa shape index (κ2) is 8.51. The Kier molecular flexibility index (Phi) is 7.32. The van der Waals surface area contributed by atoms with Crippen LogP contribution in [0.2, 0.25) is 5.02 Å². The monoisotopic (exact) mass is 332 g/mol. The Hall–Kier alpha value is -0.580. The lowest BCUT2D eigenvalue weighted by Crippen LogP contribution is -2.25. The number of amides is 1. The summed E-state index contributed by atoms with van der Waals surface area (Å²) in [4.78, 5) is 11.6. The zero-order valence-corrected chi connectivity index (χ0v) is 12.6. The number of unbranched alkanes of at least 4 members (excludes halogenated alkanes) is 1. The number of hydrogen-bond donors (Lipinski definition) is 2. The molecular weight excluding hydrogens is 316 g/mol. The second-order valence-electron chi connectivity index (χ2n) is 4.08. The highest BCUT2D eigenvalue weighted by atomic mass is 79.9. The van der Waals surface area contributed by atoms with Gasteiger partial charge in [-0.1, -0.05) is 27.5 Å². The molecule has 0 heterocycles. The summed E-state index contributed by atoms with van der Waals surface area (Å²) in [5.74, 6) is 0.0684. The molecule has 0 radical (unpaired) electrons. The van der Waals surface area contributed by atoms with E-state index >= 15 is 0 Å². The maximum Gasteiger partial charge on any atom is 0.220 e. The first kappa shape index (κ1) is 15.5. The van der Waals surface area contributed by atoms with Gasteiger partial charge in [-0.3, -0.25) is 4.79 Å². The van der Waals surface area contributed by atoms with Crippen LogP contribution in [0.1, 0.15) is 24.8 Å². The summed E-state index contributed by atoms with van der Waals surface area (Å²) in [7, 11) is 0. The first-order valence-electron chi connectivity index (χ1n) is 6.04. The number of rotatable bonds is 7. The van der Waals surface area contributed by atoms with E-state index in [-0.39, 0.29) is 5.91 Å². The number of nitrogens with two attached hydrogens (primary N) is 1. The van der Waals surface area contributed by atoms with Crippen LogP contribution in [-0.4, -0.2) is 19.0 Å². The first-order chi connectivity index (χ1) is 8.63. The molecule has 0 aliphatic carbocycles. The molecule has 0 atom stereocenters. The molecule has 0 aromatic heterocycles. The van der Waals surface area contributed by atoms with Gasteiger partial charge < -0.3 is 11.1 Å². The molecule has 0 saturated carbocycles.